The maximum Gasteiger partial charge on any atom is 0.292 e. The molecule has 19 heavy (non-hydrogen) atoms. The predicted octanol–water partition coefficient (Wildman–Crippen LogP) is 3.84. The molecule has 1 N–H and O–H groups in total. The number of nitrogens with one attached hydrogen (secondary N) is 1. The Morgan fingerprint density at radius 3 is 2.63 bits per heavy atom. The molecule has 1 aromatic heterocycles. The van der Waals surface area contributed by atoms with Gasteiger partial charge in [-0.3, -0.25) is 10.1 Å². The molecule has 5 nitrogen and oxygen atoms in total. The number of nitrogens with zero attached hydrogens (tertiary/aromatic N) is 2. The first-order valence-electron chi connectivity index (χ1n) is 5.89. The summed E-state index contributed by atoms with van der Waals surface area (Å²) in [6.07, 6.45) is 0. The third kappa shape index (κ3) is 2.90. The summed E-state index contributed by atoms with van der Waals surface area (Å²) in [6.45, 7) is 5.75. The number of rotatable bonds is 4. The average molecular weight is 277 g/mol. The minimum Gasteiger partial charge on any atom is -0.371 e. The molecule has 2 aromatic rings. The maximum absolute atomic E-state index is 11.1. The molecule has 100 valence electrons. The second kappa shape index (κ2) is 5.36. The van der Waals surface area contributed by atoms with E-state index in [2.05, 4.69) is 10.3 Å². The molecule has 1 heterocycles. The van der Waals surface area contributed by atoms with Crippen molar-refractivity contribution in [3.8, 4) is 0 Å². The van der Waals surface area contributed by atoms with Crippen LogP contribution in [0, 0.1) is 24.0 Å². The van der Waals surface area contributed by atoms with E-state index in [4.69, 9.17) is 0 Å². The number of aryl methyl sites for hydroxylation is 2. The van der Waals surface area contributed by atoms with Crippen molar-refractivity contribution in [2.45, 2.75) is 26.8 Å². The van der Waals surface area contributed by atoms with Crippen LogP contribution >= 0.6 is 11.3 Å². The summed E-state index contributed by atoms with van der Waals surface area (Å²) in [5.41, 5.74) is 5.22. The Morgan fingerprint density at radius 1 is 1.37 bits per heavy atom. The number of thiazole rings is 1. The van der Waals surface area contributed by atoms with Gasteiger partial charge in [0.05, 0.1) is 22.2 Å². The van der Waals surface area contributed by atoms with Crippen LogP contribution in [0.3, 0.4) is 0 Å². The first kappa shape index (κ1) is 13.5. The quantitative estimate of drug-likeness (QED) is 0.681. The van der Waals surface area contributed by atoms with Gasteiger partial charge in [-0.15, -0.1) is 11.3 Å². The van der Waals surface area contributed by atoms with Gasteiger partial charge in [-0.1, -0.05) is 0 Å². The predicted molar refractivity (Wildman–Crippen MR) is 76.7 cm³/mol. The fraction of sp³-hybridized carbons (Fsp3) is 0.308. The lowest BCUT2D eigenvalue weighted by Crippen LogP contribution is -2.09. The third-order valence-corrected chi connectivity index (χ3v) is 3.68. The Kier molecular flexibility index (Phi) is 3.80. The Balaban J connectivity index is 2.33. The van der Waals surface area contributed by atoms with E-state index in [1.165, 1.54) is 11.3 Å². The minimum absolute atomic E-state index is 0.0629. The first-order valence-corrected chi connectivity index (χ1v) is 6.83. The van der Waals surface area contributed by atoms with Gasteiger partial charge in [-0.2, -0.15) is 0 Å². The van der Waals surface area contributed by atoms with E-state index in [0.717, 1.165) is 16.8 Å². The third-order valence-electron chi connectivity index (χ3n) is 3.08. The summed E-state index contributed by atoms with van der Waals surface area (Å²) in [5.74, 6) is 0. The number of nitro groups is 1. The Morgan fingerprint density at radius 2 is 2.05 bits per heavy atom. The zero-order valence-electron chi connectivity index (χ0n) is 11.0. The lowest BCUT2D eigenvalue weighted by Gasteiger charge is -2.14. The van der Waals surface area contributed by atoms with Gasteiger partial charge >= 0.3 is 0 Å². The van der Waals surface area contributed by atoms with Crippen LogP contribution in [0.2, 0.25) is 0 Å². The van der Waals surface area contributed by atoms with Crippen molar-refractivity contribution in [2.75, 3.05) is 5.32 Å². The van der Waals surface area contributed by atoms with E-state index < -0.39 is 0 Å². The summed E-state index contributed by atoms with van der Waals surface area (Å²) in [7, 11) is 0. The highest BCUT2D eigenvalue weighted by Crippen LogP contribution is 2.30. The molecule has 2 rings (SSSR count). The fourth-order valence-corrected chi connectivity index (χ4v) is 2.46. The van der Waals surface area contributed by atoms with Crippen molar-refractivity contribution in [3.63, 3.8) is 0 Å². The van der Waals surface area contributed by atoms with Gasteiger partial charge in [0.15, 0.2) is 0 Å². The average Bonchev–Trinajstić information content (AvgIpc) is 2.86. The highest BCUT2D eigenvalue weighted by molar-refractivity contribution is 7.07. The molecular weight excluding hydrogens is 262 g/mol. The molecule has 0 saturated carbocycles. The van der Waals surface area contributed by atoms with E-state index in [9.17, 15) is 10.1 Å². The molecular formula is C13H15N3O2S. The molecule has 0 aliphatic carbocycles. The zero-order valence-corrected chi connectivity index (χ0v) is 11.8. The summed E-state index contributed by atoms with van der Waals surface area (Å²) >= 11 is 1.51. The number of aromatic nitrogens is 1. The molecule has 1 aromatic carbocycles. The van der Waals surface area contributed by atoms with E-state index in [-0.39, 0.29) is 16.7 Å². The number of anilines is 1. The summed E-state index contributed by atoms with van der Waals surface area (Å²) < 4.78 is 0. The van der Waals surface area contributed by atoms with Gasteiger partial charge in [0.25, 0.3) is 5.69 Å². The second-order valence-corrected chi connectivity index (χ2v) is 5.21. The van der Waals surface area contributed by atoms with Crippen LogP contribution < -0.4 is 5.32 Å². The topological polar surface area (TPSA) is 68.1 Å². The molecule has 6 heteroatoms. The molecule has 0 spiro atoms. The highest BCUT2D eigenvalue weighted by atomic mass is 32.1. The van der Waals surface area contributed by atoms with Gasteiger partial charge in [0.1, 0.15) is 5.69 Å². The van der Waals surface area contributed by atoms with Crippen LogP contribution in [0.4, 0.5) is 11.4 Å². The van der Waals surface area contributed by atoms with Crippen LogP contribution in [0.5, 0.6) is 0 Å². The van der Waals surface area contributed by atoms with Crippen LogP contribution in [-0.2, 0) is 0 Å². The van der Waals surface area contributed by atoms with Crippen molar-refractivity contribution in [1.29, 1.82) is 0 Å². The molecule has 0 bridgehead atoms. The van der Waals surface area contributed by atoms with Crippen molar-refractivity contribution < 1.29 is 4.92 Å². The van der Waals surface area contributed by atoms with Gasteiger partial charge in [-0.25, -0.2) is 4.98 Å². The lowest BCUT2D eigenvalue weighted by atomic mass is 10.1. The van der Waals surface area contributed by atoms with Crippen LogP contribution in [0.15, 0.2) is 23.0 Å². The number of hydrogen-bond donors (Lipinski definition) is 1. The summed E-state index contributed by atoms with van der Waals surface area (Å²) in [5, 5.41) is 16.2. The molecule has 1 unspecified atom stereocenters. The number of benzene rings is 1. The van der Waals surface area contributed by atoms with Gasteiger partial charge in [0.2, 0.25) is 0 Å². The van der Waals surface area contributed by atoms with Crippen molar-refractivity contribution in [2.24, 2.45) is 0 Å². The van der Waals surface area contributed by atoms with Gasteiger partial charge in [0, 0.05) is 11.4 Å². The SMILES string of the molecule is Cc1cc(NC(C)c2cscn2)c([N+](=O)[O-])cc1C. The van der Waals surface area contributed by atoms with Gasteiger partial charge in [-0.05, 0) is 38.0 Å². The van der Waals surface area contributed by atoms with Gasteiger partial charge < -0.3 is 5.32 Å². The number of nitro benzene ring substituents is 1. The summed E-state index contributed by atoms with van der Waals surface area (Å²) in [6, 6.07) is 3.36. The van der Waals surface area contributed by atoms with Crippen LogP contribution in [-0.4, -0.2) is 9.91 Å². The fourth-order valence-electron chi connectivity index (χ4n) is 1.81. The number of hydrogen-bond acceptors (Lipinski definition) is 5. The van der Waals surface area contributed by atoms with Crippen molar-refractivity contribution in [1.82, 2.24) is 4.98 Å². The minimum atomic E-state index is -0.359. The molecule has 0 amide bonds. The zero-order chi connectivity index (χ0) is 14.0. The van der Waals surface area contributed by atoms with E-state index in [1.807, 2.05) is 32.2 Å². The monoisotopic (exact) mass is 277 g/mol. The van der Waals surface area contributed by atoms with Crippen LogP contribution in [0.1, 0.15) is 29.8 Å². The Labute approximate surface area is 115 Å². The molecule has 0 saturated heterocycles. The largest absolute Gasteiger partial charge is 0.371 e. The standard InChI is InChI=1S/C13H15N3O2S/c1-8-4-11(13(16(17)18)5-9(8)2)15-10(3)12-6-19-7-14-12/h4-7,10,15H,1-3H3. The maximum atomic E-state index is 11.1. The molecule has 0 radical (unpaired) electrons. The highest BCUT2D eigenvalue weighted by Gasteiger charge is 2.18. The van der Waals surface area contributed by atoms with E-state index in [0.29, 0.717) is 5.69 Å². The van der Waals surface area contributed by atoms with E-state index >= 15 is 0 Å². The van der Waals surface area contributed by atoms with Crippen LogP contribution in [0.25, 0.3) is 0 Å². The molecule has 0 aliphatic rings. The molecule has 0 fully saturated rings. The first-order chi connectivity index (χ1) is 8.99. The van der Waals surface area contributed by atoms with Crippen molar-refractivity contribution >= 4 is 22.7 Å². The summed E-state index contributed by atoms with van der Waals surface area (Å²) in [4.78, 5) is 15.0. The molecule has 0 aliphatic heterocycles. The normalized spacial score (nSPS) is 12.2. The Hall–Kier alpha value is -1.95. The molecule has 1 atom stereocenters. The van der Waals surface area contributed by atoms with Crippen molar-refractivity contribution in [3.05, 3.63) is 50.0 Å². The lowest BCUT2D eigenvalue weighted by molar-refractivity contribution is -0.384. The van der Waals surface area contributed by atoms with E-state index in [1.54, 1.807) is 11.6 Å². The second-order valence-electron chi connectivity index (χ2n) is 4.49. The smallest absolute Gasteiger partial charge is 0.292 e. The Bertz CT molecular complexity index is 596.